The smallest absolute Gasteiger partial charge is 0.244 e. The largest absolute Gasteiger partial charge is 0.492 e. The molecule has 1 fully saturated rings. The number of carbonyl (C=O) groups is 2. The maximum atomic E-state index is 12.7. The third-order valence-electron chi connectivity index (χ3n) is 5.34. The second kappa shape index (κ2) is 10.3. The van der Waals surface area contributed by atoms with Crippen molar-refractivity contribution in [3.8, 4) is 5.75 Å². The van der Waals surface area contributed by atoms with E-state index in [-0.39, 0.29) is 18.4 Å². The van der Waals surface area contributed by atoms with E-state index in [2.05, 4.69) is 15.5 Å². The molecule has 0 saturated carbocycles. The van der Waals surface area contributed by atoms with E-state index in [1.165, 1.54) is 6.92 Å². The fourth-order valence-corrected chi connectivity index (χ4v) is 3.80. The Balaban J connectivity index is 1.34. The monoisotopic (exact) mass is 436 g/mol. The third-order valence-corrected chi connectivity index (χ3v) is 5.34. The van der Waals surface area contributed by atoms with Crippen molar-refractivity contribution in [2.45, 2.75) is 13.5 Å². The topological polar surface area (TPSA) is 84.8 Å². The fraction of sp³-hybridized carbons (Fsp3) is 0.333. The van der Waals surface area contributed by atoms with E-state index in [9.17, 15) is 9.59 Å². The van der Waals surface area contributed by atoms with Crippen molar-refractivity contribution in [3.05, 3.63) is 54.7 Å². The van der Waals surface area contributed by atoms with E-state index in [4.69, 9.17) is 9.47 Å². The molecule has 2 amide bonds. The second-order valence-corrected chi connectivity index (χ2v) is 7.74. The van der Waals surface area contributed by atoms with Crippen LogP contribution in [0.4, 0.5) is 11.4 Å². The Hall–Kier alpha value is -3.36. The lowest BCUT2D eigenvalue weighted by atomic mass is 10.2. The Labute approximate surface area is 187 Å². The van der Waals surface area contributed by atoms with Crippen LogP contribution in [0, 0.1) is 0 Å². The van der Waals surface area contributed by atoms with Gasteiger partial charge in [0.25, 0.3) is 0 Å². The predicted octanol–water partition coefficient (Wildman–Crippen LogP) is 2.95. The van der Waals surface area contributed by atoms with Gasteiger partial charge in [-0.15, -0.1) is 0 Å². The van der Waals surface area contributed by atoms with Gasteiger partial charge in [0.15, 0.2) is 0 Å². The maximum Gasteiger partial charge on any atom is 0.244 e. The Morgan fingerprint density at radius 1 is 1.06 bits per heavy atom. The Kier molecular flexibility index (Phi) is 7.03. The number of fused-ring (bicyclic) bond motifs is 1. The molecule has 0 aliphatic carbocycles. The molecule has 3 aromatic rings. The SMILES string of the molecule is CC(=O)Nc1cccc2c1ccn2CC(=O)Nc1cccc(OCCN2CCOCC2)c1. The summed E-state index contributed by atoms with van der Waals surface area (Å²) in [5, 5.41) is 6.65. The minimum Gasteiger partial charge on any atom is -0.492 e. The Morgan fingerprint density at radius 3 is 2.69 bits per heavy atom. The number of hydrogen-bond acceptors (Lipinski definition) is 5. The normalized spacial score (nSPS) is 14.3. The highest BCUT2D eigenvalue weighted by molar-refractivity contribution is 6.01. The summed E-state index contributed by atoms with van der Waals surface area (Å²) in [4.78, 5) is 26.4. The van der Waals surface area contributed by atoms with Gasteiger partial charge < -0.3 is 24.7 Å². The lowest BCUT2D eigenvalue weighted by molar-refractivity contribution is -0.116. The number of nitrogens with zero attached hydrogens (tertiary/aromatic N) is 2. The summed E-state index contributed by atoms with van der Waals surface area (Å²) in [5.41, 5.74) is 2.30. The summed E-state index contributed by atoms with van der Waals surface area (Å²) in [6.45, 7) is 6.47. The molecule has 0 bridgehead atoms. The number of ether oxygens (including phenoxy) is 2. The van der Waals surface area contributed by atoms with Crippen LogP contribution in [0.25, 0.3) is 10.9 Å². The van der Waals surface area contributed by atoms with Gasteiger partial charge in [-0.3, -0.25) is 14.5 Å². The van der Waals surface area contributed by atoms with Gasteiger partial charge in [0.1, 0.15) is 18.9 Å². The summed E-state index contributed by atoms with van der Waals surface area (Å²) < 4.78 is 13.1. The van der Waals surface area contributed by atoms with Gasteiger partial charge in [-0.25, -0.2) is 0 Å². The molecule has 2 aromatic carbocycles. The summed E-state index contributed by atoms with van der Waals surface area (Å²) in [6.07, 6.45) is 1.85. The molecule has 32 heavy (non-hydrogen) atoms. The van der Waals surface area contributed by atoms with E-state index < -0.39 is 0 Å². The maximum absolute atomic E-state index is 12.7. The van der Waals surface area contributed by atoms with Crippen molar-refractivity contribution >= 4 is 34.1 Å². The number of carbonyl (C=O) groups excluding carboxylic acids is 2. The zero-order valence-corrected chi connectivity index (χ0v) is 18.2. The molecule has 168 valence electrons. The molecular formula is C24H28N4O4. The van der Waals surface area contributed by atoms with Crippen LogP contribution in [0.1, 0.15) is 6.92 Å². The molecule has 1 aliphatic heterocycles. The van der Waals surface area contributed by atoms with Gasteiger partial charge in [-0.2, -0.15) is 0 Å². The minimum absolute atomic E-state index is 0.130. The van der Waals surface area contributed by atoms with Gasteiger partial charge in [0.05, 0.1) is 24.4 Å². The van der Waals surface area contributed by atoms with E-state index in [0.29, 0.717) is 12.3 Å². The second-order valence-electron chi connectivity index (χ2n) is 7.74. The Morgan fingerprint density at radius 2 is 1.88 bits per heavy atom. The van der Waals surface area contributed by atoms with Crippen LogP contribution < -0.4 is 15.4 Å². The molecule has 1 aliphatic rings. The Bertz CT molecular complexity index is 1090. The molecule has 8 nitrogen and oxygen atoms in total. The van der Waals surface area contributed by atoms with E-state index in [0.717, 1.165) is 55.2 Å². The van der Waals surface area contributed by atoms with Crippen LogP contribution >= 0.6 is 0 Å². The van der Waals surface area contributed by atoms with E-state index in [1.54, 1.807) is 0 Å². The number of amides is 2. The van der Waals surface area contributed by atoms with Crippen molar-refractivity contribution in [2.75, 3.05) is 50.1 Å². The number of aromatic nitrogens is 1. The molecule has 2 N–H and O–H groups in total. The summed E-state index contributed by atoms with van der Waals surface area (Å²) in [7, 11) is 0. The van der Waals surface area contributed by atoms with Gasteiger partial charge in [-0.05, 0) is 30.3 Å². The number of anilines is 2. The first kappa shape index (κ1) is 21.9. The minimum atomic E-state index is -0.141. The summed E-state index contributed by atoms with van der Waals surface area (Å²) in [6, 6.07) is 15.0. The first-order chi connectivity index (χ1) is 15.6. The van der Waals surface area contributed by atoms with Crippen LogP contribution in [0.2, 0.25) is 0 Å². The van der Waals surface area contributed by atoms with Crippen LogP contribution in [0.15, 0.2) is 54.7 Å². The molecule has 0 radical (unpaired) electrons. The van der Waals surface area contributed by atoms with Crippen LogP contribution in [0.5, 0.6) is 5.75 Å². The van der Waals surface area contributed by atoms with Crippen molar-refractivity contribution in [1.29, 1.82) is 0 Å². The van der Waals surface area contributed by atoms with Gasteiger partial charge >= 0.3 is 0 Å². The fourth-order valence-electron chi connectivity index (χ4n) is 3.80. The first-order valence-electron chi connectivity index (χ1n) is 10.8. The number of morpholine rings is 1. The third kappa shape index (κ3) is 5.66. The van der Waals surface area contributed by atoms with Crippen LogP contribution in [-0.4, -0.2) is 60.7 Å². The van der Waals surface area contributed by atoms with Crippen LogP contribution in [-0.2, 0) is 20.9 Å². The standard InChI is InChI=1S/C24H28N4O4/c1-18(29)25-22-6-3-7-23-21(22)8-9-28(23)17-24(30)26-19-4-2-5-20(16-19)32-15-12-27-10-13-31-14-11-27/h2-9,16H,10-15,17H2,1H3,(H,25,29)(H,26,30). The number of rotatable bonds is 8. The van der Waals surface area contributed by atoms with Crippen molar-refractivity contribution < 1.29 is 19.1 Å². The highest BCUT2D eigenvalue weighted by atomic mass is 16.5. The highest BCUT2D eigenvalue weighted by Crippen LogP contribution is 2.25. The first-order valence-corrected chi connectivity index (χ1v) is 10.8. The van der Waals surface area contributed by atoms with Crippen LogP contribution in [0.3, 0.4) is 0 Å². The molecular weight excluding hydrogens is 408 g/mol. The van der Waals surface area contributed by atoms with Crippen molar-refractivity contribution in [3.63, 3.8) is 0 Å². The predicted molar refractivity (Wildman–Crippen MR) is 124 cm³/mol. The summed E-state index contributed by atoms with van der Waals surface area (Å²) in [5.74, 6) is 0.454. The summed E-state index contributed by atoms with van der Waals surface area (Å²) >= 11 is 0. The lowest BCUT2D eigenvalue weighted by Crippen LogP contribution is -2.38. The van der Waals surface area contributed by atoms with E-state index >= 15 is 0 Å². The average molecular weight is 437 g/mol. The van der Waals surface area contributed by atoms with E-state index in [1.807, 2.05) is 59.3 Å². The van der Waals surface area contributed by atoms with Crippen molar-refractivity contribution in [2.24, 2.45) is 0 Å². The van der Waals surface area contributed by atoms with Gasteiger partial charge in [0, 0.05) is 49.9 Å². The molecule has 0 unspecified atom stereocenters. The zero-order chi connectivity index (χ0) is 22.3. The number of hydrogen-bond donors (Lipinski definition) is 2. The highest BCUT2D eigenvalue weighted by Gasteiger charge is 2.11. The molecule has 0 atom stereocenters. The lowest BCUT2D eigenvalue weighted by Gasteiger charge is -2.26. The molecule has 1 aromatic heterocycles. The quantitative estimate of drug-likeness (QED) is 0.567. The number of nitrogens with one attached hydrogen (secondary N) is 2. The molecule has 1 saturated heterocycles. The molecule has 2 heterocycles. The molecule has 4 rings (SSSR count). The number of benzene rings is 2. The van der Waals surface area contributed by atoms with Gasteiger partial charge in [0.2, 0.25) is 11.8 Å². The zero-order valence-electron chi connectivity index (χ0n) is 18.2. The van der Waals surface area contributed by atoms with Crippen molar-refractivity contribution in [1.82, 2.24) is 9.47 Å². The molecule has 0 spiro atoms. The average Bonchev–Trinajstić information content (AvgIpc) is 3.18. The van der Waals surface area contributed by atoms with Gasteiger partial charge in [-0.1, -0.05) is 12.1 Å². The molecule has 8 heteroatoms.